The van der Waals surface area contributed by atoms with Gasteiger partial charge in [0.15, 0.2) is 0 Å². The highest BCUT2D eigenvalue weighted by Gasteiger charge is 2.79. The Balaban J connectivity index is 1.70. The van der Waals surface area contributed by atoms with Gasteiger partial charge < -0.3 is 14.3 Å². The van der Waals surface area contributed by atoms with Crippen molar-refractivity contribution in [1.29, 1.82) is 0 Å². The molecule has 0 radical (unpaired) electrons. The van der Waals surface area contributed by atoms with Gasteiger partial charge in [0.1, 0.15) is 17.1 Å². The number of rotatable bonds is 10. The quantitative estimate of drug-likeness (QED) is 0.324. The fraction of sp³-hybridized carbons (Fsp3) is 0.364. The topological polar surface area (TPSA) is 42.6 Å². The van der Waals surface area contributed by atoms with Gasteiger partial charge >= 0.3 is 23.7 Å². The molecule has 33 heavy (non-hydrogen) atoms. The van der Waals surface area contributed by atoms with E-state index < -0.39 is 49.7 Å². The number of aliphatic hydroxyl groups excluding tert-OH is 1. The van der Waals surface area contributed by atoms with E-state index in [1.807, 2.05) is 0 Å². The second kappa shape index (κ2) is 8.85. The lowest BCUT2D eigenvalue weighted by Gasteiger charge is -2.36. The standard InChI is InChI=1S/C22H18F8O3/c23-19(24,8-10-31)21(27,28)22(29,30)20(25,26)9-11-32-16-7-6-15-12-17(33-18(15)13-16)14-4-2-1-3-5-14/h1-7,12-13,31H,8-11H2. The van der Waals surface area contributed by atoms with E-state index in [2.05, 4.69) is 0 Å². The lowest BCUT2D eigenvalue weighted by Crippen LogP contribution is -2.62. The van der Waals surface area contributed by atoms with Crippen LogP contribution in [0, 0.1) is 0 Å². The van der Waals surface area contributed by atoms with Gasteiger partial charge in [0, 0.05) is 30.0 Å². The monoisotopic (exact) mass is 482 g/mol. The largest absolute Gasteiger partial charge is 0.493 e. The minimum absolute atomic E-state index is 0.0760. The first kappa shape index (κ1) is 24.8. The summed E-state index contributed by atoms with van der Waals surface area (Å²) in [5, 5.41) is 9.00. The van der Waals surface area contributed by atoms with E-state index in [0.717, 1.165) is 5.56 Å². The summed E-state index contributed by atoms with van der Waals surface area (Å²) in [6.45, 7) is -2.75. The third-order valence-corrected chi connectivity index (χ3v) is 4.97. The molecule has 180 valence electrons. The molecule has 0 spiro atoms. The molecular formula is C22H18F8O3. The first-order valence-corrected chi connectivity index (χ1v) is 9.66. The van der Waals surface area contributed by atoms with Gasteiger partial charge in [-0.15, -0.1) is 0 Å². The lowest BCUT2D eigenvalue weighted by atomic mass is 9.95. The zero-order valence-corrected chi connectivity index (χ0v) is 16.8. The number of halogens is 8. The molecule has 2 aromatic carbocycles. The van der Waals surface area contributed by atoms with Gasteiger partial charge in [-0.05, 0) is 18.2 Å². The van der Waals surface area contributed by atoms with E-state index in [1.165, 1.54) is 18.2 Å². The molecule has 0 atom stereocenters. The molecule has 0 aliphatic rings. The van der Waals surface area contributed by atoms with Gasteiger partial charge in [0.2, 0.25) is 0 Å². The van der Waals surface area contributed by atoms with E-state index in [9.17, 15) is 35.1 Å². The van der Waals surface area contributed by atoms with Crippen LogP contribution in [0.1, 0.15) is 12.8 Å². The van der Waals surface area contributed by atoms with Crippen LogP contribution in [-0.4, -0.2) is 42.0 Å². The Morgan fingerprint density at radius 3 is 1.97 bits per heavy atom. The molecule has 0 fully saturated rings. The minimum atomic E-state index is -6.40. The van der Waals surface area contributed by atoms with Crippen molar-refractivity contribution in [2.24, 2.45) is 0 Å². The summed E-state index contributed by atoms with van der Waals surface area (Å²) >= 11 is 0. The van der Waals surface area contributed by atoms with Gasteiger partial charge in [-0.2, -0.15) is 35.1 Å². The Bertz CT molecular complexity index is 1080. The van der Waals surface area contributed by atoms with E-state index >= 15 is 0 Å². The molecule has 0 aliphatic heterocycles. The number of benzene rings is 2. The maximum absolute atomic E-state index is 13.9. The summed E-state index contributed by atoms with van der Waals surface area (Å²) in [5.41, 5.74) is 1.05. The second-order valence-electron chi connectivity index (χ2n) is 7.31. The van der Waals surface area contributed by atoms with Crippen LogP contribution < -0.4 is 4.74 Å². The first-order chi connectivity index (χ1) is 15.3. The van der Waals surface area contributed by atoms with Crippen LogP contribution in [0.3, 0.4) is 0 Å². The third kappa shape index (κ3) is 4.64. The normalized spacial score (nSPS) is 13.5. The van der Waals surface area contributed by atoms with Crippen LogP contribution in [-0.2, 0) is 0 Å². The Hall–Kier alpha value is -2.82. The molecule has 0 bridgehead atoms. The van der Waals surface area contributed by atoms with Crippen molar-refractivity contribution in [2.45, 2.75) is 36.5 Å². The summed E-state index contributed by atoms with van der Waals surface area (Å²) in [7, 11) is 0. The van der Waals surface area contributed by atoms with Crippen LogP contribution in [0.4, 0.5) is 35.1 Å². The molecule has 3 rings (SSSR count). The molecule has 1 heterocycles. The van der Waals surface area contributed by atoms with Crippen molar-refractivity contribution < 1.29 is 49.4 Å². The fourth-order valence-corrected chi connectivity index (χ4v) is 3.06. The molecule has 0 saturated heterocycles. The molecule has 3 aromatic rings. The Labute approximate surface area is 182 Å². The van der Waals surface area contributed by atoms with Crippen molar-refractivity contribution in [3.8, 4) is 17.1 Å². The van der Waals surface area contributed by atoms with Crippen LogP contribution in [0.15, 0.2) is 59.0 Å². The van der Waals surface area contributed by atoms with Gasteiger partial charge in [-0.25, -0.2) is 0 Å². The number of hydrogen-bond acceptors (Lipinski definition) is 3. The molecule has 1 N–H and O–H groups in total. The first-order valence-electron chi connectivity index (χ1n) is 9.66. The molecular weight excluding hydrogens is 464 g/mol. The van der Waals surface area contributed by atoms with E-state index in [0.29, 0.717) is 16.7 Å². The molecule has 0 aliphatic carbocycles. The summed E-state index contributed by atoms with van der Waals surface area (Å²) < 4.78 is 120. The summed E-state index contributed by atoms with van der Waals surface area (Å²) in [6.07, 6.45) is -4.06. The molecule has 0 saturated carbocycles. The van der Waals surface area contributed by atoms with Gasteiger partial charge in [0.25, 0.3) is 0 Å². The van der Waals surface area contributed by atoms with Crippen molar-refractivity contribution >= 4 is 11.0 Å². The van der Waals surface area contributed by atoms with Crippen LogP contribution in [0.2, 0.25) is 0 Å². The van der Waals surface area contributed by atoms with Crippen LogP contribution in [0.5, 0.6) is 5.75 Å². The molecule has 1 aromatic heterocycles. The van der Waals surface area contributed by atoms with Crippen molar-refractivity contribution in [2.75, 3.05) is 13.2 Å². The highest BCUT2D eigenvalue weighted by molar-refractivity contribution is 5.83. The maximum atomic E-state index is 13.9. The number of alkyl halides is 8. The number of aliphatic hydroxyl groups is 1. The van der Waals surface area contributed by atoms with Gasteiger partial charge in [0.05, 0.1) is 13.0 Å². The van der Waals surface area contributed by atoms with Crippen molar-refractivity contribution in [3.05, 3.63) is 54.6 Å². The number of furan rings is 1. The predicted molar refractivity (Wildman–Crippen MR) is 103 cm³/mol. The Morgan fingerprint density at radius 2 is 1.36 bits per heavy atom. The number of fused-ring (bicyclic) bond motifs is 1. The SMILES string of the molecule is OCCC(F)(F)C(F)(F)C(F)(F)C(F)(F)CCOc1ccc2cc(-c3ccccc3)oc2c1. The molecule has 3 nitrogen and oxygen atoms in total. The zero-order valence-electron chi connectivity index (χ0n) is 16.8. The second-order valence-corrected chi connectivity index (χ2v) is 7.31. The van der Waals surface area contributed by atoms with Gasteiger partial charge in [-0.3, -0.25) is 0 Å². The predicted octanol–water partition coefficient (Wildman–Crippen LogP) is 6.79. The highest BCUT2D eigenvalue weighted by Crippen LogP contribution is 2.54. The van der Waals surface area contributed by atoms with E-state index in [4.69, 9.17) is 14.3 Å². The molecule has 0 amide bonds. The lowest BCUT2D eigenvalue weighted by molar-refractivity contribution is -0.368. The summed E-state index contributed by atoms with van der Waals surface area (Å²) in [4.78, 5) is 0. The highest BCUT2D eigenvalue weighted by atomic mass is 19.4. The minimum Gasteiger partial charge on any atom is -0.493 e. The van der Waals surface area contributed by atoms with E-state index in [1.54, 1.807) is 36.4 Å². The van der Waals surface area contributed by atoms with Crippen LogP contribution in [0.25, 0.3) is 22.3 Å². The van der Waals surface area contributed by atoms with Gasteiger partial charge in [-0.1, -0.05) is 30.3 Å². The number of hydrogen-bond donors (Lipinski definition) is 1. The van der Waals surface area contributed by atoms with Crippen LogP contribution >= 0.6 is 0 Å². The maximum Gasteiger partial charge on any atom is 0.378 e. The molecule has 0 unspecified atom stereocenters. The fourth-order valence-electron chi connectivity index (χ4n) is 3.06. The smallest absolute Gasteiger partial charge is 0.378 e. The van der Waals surface area contributed by atoms with Crippen molar-refractivity contribution in [3.63, 3.8) is 0 Å². The molecule has 11 heteroatoms. The summed E-state index contributed by atoms with van der Waals surface area (Å²) in [5.74, 6) is -23.4. The zero-order chi connectivity index (χ0) is 24.5. The average molecular weight is 482 g/mol. The number of ether oxygens (including phenoxy) is 1. The van der Waals surface area contributed by atoms with Crippen molar-refractivity contribution in [1.82, 2.24) is 0 Å². The summed E-state index contributed by atoms with van der Waals surface area (Å²) in [6, 6.07) is 14.8. The Kier molecular flexibility index (Phi) is 6.65. The average Bonchev–Trinajstić information content (AvgIpc) is 3.17. The Morgan fingerprint density at radius 1 is 0.758 bits per heavy atom. The third-order valence-electron chi connectivity index (χ3n) is 4.97. The van der Waals surface area contributed by atoms with E-state index in [-0.39, 0.29) is 5.75 Å².